The van der Waals surface area contributed by atoms with E-state index in [1.165, 1.54) is 6.07 Å². The van der Waals surface area contributed by atoms with Crippen LogP contribution < -0.4 is 11.1 Å². The van der Waals surface area contributed by atoms with Crippen LogP contribution in [0.2, 0.25) is 0 Å². The van der Waals surface area contributed by atoms with E-state index in [-0.39, 0.29) is 30.1 Å². The largest absolute Gasteiger partial charge is 0.420 e. The minimum Gasteiger partial charge on any atom is -0.368 e. The first-order valence-electron chi connectivity index (χ1n) is 10.3. The normalized spacial score (nSPS) is 21.0. The highest BCUT2D eigenvalue weighted by Crippen LogP contribution is 2.47. The lowest BCUT2D eigenvalue weighted by molar-refractivity contribution is -0.217. The number of primary amides is 1. The Morgan fingerprint density at radius 2 is 1.88 bits per heavy atom. The second-order valence-electron chi connectivity index (χ2n) is 8.19. The van der Waals surface area contributed by atoms with Crippen molar-refractivity contribution in [2.24, 2.45) is 11.7 Å². The van der Waals surface area contributed by atoms with Gasteiger partial charge in [0.2, 0.25) is 0 Å². The molecule has 0 bridgehead atoms. The predicted octanol–water partition coefficient (Wildman–Crippen LogP) is 3.49. The topological polar surface area (TPSA) is 112 Å². The van der Waals surface area contributed by atoms with E-state index in [4.69, 9.17) is 10.5 Å². The summed E-state index contributed by atoms with van der Waals surface area (Å²) in [5.41, 5.74) is 2.27. The average molecular weight is 491 g/mol. The molecule has 14 heteroatoms. The number of halogens is 6. The number of nitrogens with two attached hydrogens (primary N) is 1. The summed E-state index contributed by atoms with van der Waals surface area (Å²) >= 11 is 0. The number of carbonyl (C=O) groups is 2. The van der Waals surface area contributed by atoms with E-state index in [0.29, 0.717) is 17.5 Å². The lowest BCUT2D eigenvalue weighted by Gasteiger charge is -2.22. The summed E-state index contributed by atoms with van der Waals surface area (Å²) in [7, 11) is 0. The SMILES string of the molecule is NC(=O)c1cc(NC(=O)c2c(C(F)(F)F)c(C3CC3)nn2CC2CCO[C@H]2C(F)(F)F)ccn1. The fraction of sp³-hybridized carbons (Fsp3) is 0.500. The molecule has 2 fully saturated rings. The van der Waals surface area contributed by atoms with Crippen LogP contribution in [0.15, 0.2) is 18.3 Å². The van der Waals surface area contributed by atoms with E-state index in [9.17, 15) is 35.9 Å². The van der Waals surface area contributed by atoms with Gasteiger partial charge in [0.1, 0.15) is 17.0 Å². The molecular formula is C20H19F6N5O3. The number of carbonyl (C=O) groups excluding carboxylic acids is 2. The fourth-order valence-electron chi connectivity index (χ4n) is 4.00. The maximum Gasteiger partial charge on any atom is 0.420 e. The van der Waals surface area contributed by atoms with Crippen LogP contribution in [0.1, 0.15) is 57.4 Å². The zero-order valence-electron chi connectivity index (χ0n) is 17.4. The van der Waals surface area contributed by atoms with Crippen molar-refractivity contribution in [3.8, 4) is 0 Å². The van der Waals surface area contributed by atoms with Gasteiger partial charge in [-0.15, -0.1) is 0 Å². The number of amides is 2. The van der Waals surface area contributed by atoms with E-state index in [1.54, 1.807) is 0 Å². The van der Waals surface area contributed by atoms with Crippen molar-refractivity contribution in [3.05, 3.63) is 41.0 Å². The standard InChI is InChI=1S/C20H19F6N5O3/c21-19(22,23)13-14(9-1-2-9)30-31(8-10-4-6-34-16(10)20(24,25)26)15(13)18(33)29-11-3-5-28-12(7-11)17(27)32/h3,5,7,9-10,16H,1-2,4,6,8H2,(H2,27,32)(H,28,29,33)/t10?,16-/m1/s1. The summed E-state index contributed by atoms with van der Waals surface area (Å²) in [5.74, 6) is -3.92. The van der Waals surface area contributed by atoms with Crippen molar-refractivity contribution in [1.29, 1.82) is 0 Å². The minimum absolute atomic E-state index is 0.0580. The Morgan fingerprint density at radius 1 is 1.18 bits per heavy atom. The number of hydrogen-bond acceptors (Lipinski definition) is 5. The monoisotopic (exact) mass is 491 g/mol. The second-order valence-corrected chi connectivity index (χ2v) is 8.19. The molecule has 8 nitrogen and oxygen atoms in total. The molecular weight excluding hydrogens is 472 g/mol. The van der Waals surface area contributed by atoms with Gasteiger partial charge in [-0.25, -0.2) is 0 Å². The molecule has 0 aromatic carbocycles. The number of alkyl halides is 6. The molecule has 3 N–H and O–H groups in total. The zero-order valence-corrected chi connectivity index (χ0v) is 17.4. The Balaban J connectivity index is 1.74. The lowest BCUT2D eigenvalue weighted by atomic mass is 10.0. The number of ether oxygens (including phenoxy) is 1. The van der Waals surface area contributed by atoms with Gasteiger partial charge in [-0.2, -0.15) is 31.4 Å². The van der Waals surface area contributed by atoms with Crippen LogP contribution in [0.5, 0.6) is 0 Å². The molecule has 2 aromatic rings. The summed E-state index contributed by atoms with van der Waals surface area (Å²) in [6.07, 6.45) is -9.96. The molecule has 1 unspecified atom stereocenters. The average Bonchev–Trinajstić information content (AvgIpc) is 3.32. The second kappa shape index (κ2) is 8.56. The molecule has 0 spiro atoms. The van der Waals surface area contributed by atoms with E-state index in [2.05, 4.69) is 15.4 Å². The van der Waals surface area contributed by atoms with Crippen LogP contribution in [0.25, 0.3) is 0 Å². The van der Waals surface area contributed by atoms with Crippen LogP contribution in [-0.4, -0.2) is 45.5 Å². The Morgan fingerprint density at radius 3 is 2.47 bits per heavy atom. The number of pyridine rings is 1. The molecule has 2 atom stereocenters. The third-order valence-corrected chi connectivity index (χ3v) is 5.66. The van der Waals surface area contributed by atoms with Gasteiger partial charge in [0.15, 0.2) is 6.10 Å². The van der Waals surface area contributed by atoms with E-state index in [1.807, 2.05) is 0 Å². The molecule has 3 heterocycles. The number of rotatable bonds is 6. The number of aromatic nitrogens is 3. The van der Waals surface area contributed by atoms with Crippen LogP contribution in [0.3, 0.4) is 0 Å². The smallest absolute Gasteiger partial charge is 0.368 e. The maximum atomic E-state index is 14.0. The first-order chi connectivity index (χ1) is 15.9. The molecule has 184 valence electrons. The molecule has 1 saturated heterocycles. The van der Waals surface area contributed by atoms with Crippen LogP contribution in [0.4, 0.5) is 32.0 Å². The van der Waals surface area contributed by atoms with Gasteiger partial charge >= 0.3 is 12.4 Å². The van der Waals surface area contributed by atoms with E-state index < -0.39 is 59.9 Å². The summed E-state index contributed by atoms with van der Waals surface area (Å²) in [4.78, 5) is 28.0. The quantitative estimate of drug-likeness (QED) is 0.601. The van der Waals surface area contributed by atoms with Crippen molar-refractivity contribution in [2.45, 2.75) is 50.2 Å². The Kier molecular flexibility index (Phi) is 6.04. The van der Waals surface area contributed by atoms with Gasteiger partial charge in [0.25, 0.3) is 11.8 Å². The summed E-state index contributed by atoms with van der Waals surface area (Å²) < 4.78 is 87.6. The highest BCUT2D eigenvalue weighted by molar-refractivity contribution is 6.05. The minimum atomic E-state index is -4.98. The summed E-state index contributed by atoms with van der Waals surface area (Å²) in [6.45, 7) is -0.808. The number of nitrogens with one attached hydrogen (secondary N) is 1. The van der Waals surface area contributed by atoms with Gasteiger partial charge in [0, 0.05) is 36.9 Å². The maximum absolute atomic E-state index is 14.0. The molecule has 1 aliphatic heterocycles. The highest BCUT2D eigenvalue weighted by atomic mass is 19.4. The molecule has 1 aliphatic carbocycles. The first-order valence-corrected chi connectivity index (χ1v) is 10.3. The number of hydrogen-bond donors (Lipinski definition) is 2. The van der Waals surface area contributed by atoms with Gasteiger partial charge < -0.3 is 15.8 Å². The van der Waals surface area contributed by atoms with Gasteiger partial charge in [0.05, 0.1) is 5.69 Å². The van der Waals surface area contributed by atoms with E-state index in [0.717, 1.165) is 12.3 Å². The van der Waals surface area contributed by atoms with Crippen LogP contribution >= 0.6 is 0 Å². The molecule has 34 heavy (non-hydrogen) atoms. The first kappa shape index (κ1) is 24.0. The Bertz CT molecular complexity index is 1110. The predicted molar refractivity (Wildman–Crippen MR) is 104 cm³/mol. The molecule has 4 rings (SSSR count). The van der Waals surface area contributed by atoms with Crippen molar-refractivity contribution < 1.29 is 40.7 Å². The molecule has 2 aromatic heterocycles. The zero-order chi connectivity index (χ0) is 24.8. The van der Waals surface area contributed by atoms with Crippen LogP contribution in [-0.2, 0) is 17.5 Å². The van der Waals surface area contributed by atoms with Crippen molar-refractivity contribution in [1.82, 2.24) is 14.8 Å². The summed E-state index contributed by atoms with van der Waals surface area (Å²) in [6, 6.07) is 2.30. The Labute approximate surface area is 188 Å². The molecule has 2 aliphatic rings. The van der Waals surface area contributed by atoms with Gasteiger partial charge in [-0.05, 0) is 31.4 Å². The number of nitrogens with zero attached hydrogens (tertiary/aromatic N) is 3. The third kappa shape index (κ3) is 4.86. The van der Waals surface area contributed by atoms with Gasteiger partial charge in [-0.1, -0.05) is 0 Å². The number of anilines is 1. The summed E-state index contributed by atoms with van der Waals surface area (Å²) in [5, 5.41) is 6.20. The van der Waals surface area contributed by atoms with Gasteiger partial charge in [-0.3, -0.25) is 19.3 Å². The Hall–Kier alpha value is -3.16. The highest BCUT2D eigenvalue weighted by Gasteiger charge is 2.50. The van der Waals surface area contributed by atoms with Crippen molar-refractivity contribution in [2.75, 3.05) is 11.9 Å². The molecule has 1 saturated carbocycles. The van der Waals surface area contributed by atoms with E-state index >= 15 is 0 Å². The molecule has 2 amide bonds. The van der Waals surface area contributed by atoms with Crippen molar-refractivity contribution >= 4 is 17.5 Å². The lowest BCUT2D eigenvalue weighted by Crippen LogP contribution is -2.36. The molecule has 0 radical (unpaired) electrons. The third-order valence-electron chi connectivity index (χ3n) is 5.66. The van der Waals surface area contributed by atoms with Crippen molar-refractivity contribution in [3.63, 3.8) is 0 Å². The van der Waals surface area contributed by atoms with Crippen LogP contribution in [0, 0.1) is 5.92 Å². The fourth-order valence-corrected chi connectivity index (χ4v) is 4.00.